The van der Waals surface area contributed by atoms with Gasteiger partial charge in [-0.15, -0.1) is 11.3 Å². The second-order valence-corrected chi connectivity index (χ2v) is 9.24. The van der Waals surface area contributed by atoms with E-state index < -0.39 is 0 Å². The first-order chi connectivity index (χ1) is 12.6. The van der Waals surface area contributed by atoms with Crippen LogP contribution in [0.1, 0.15) is 50.1 Å². The monoisotopic (exact) mass is 372 g/mol. The Morgan fingerprint density at radius 3 is 2.85 bits per heavy atom. The molecule has 5 heteroatoms. The van der Waals surface area contributed by atoms with Gasteiger partial charge in [0.05, 0.1) is 29.3 Å². The highest BCUT2D eigenvalue weighted by Gasteiger charge is 2.35. The number of benzene rings is 1. The molecular weight excluding hydrogens is 342 g/mol. The van der Waals surface area contributed by atoms with Gasteiger partial charge in [0.15, 0.2) is 6.54 Å². The van der Waals surface area contributed by atoms with E-state index in [4.69, 9.17) is 4.98 Å². The number of hydrogen-bond donors (Lipinski definition) is 1. The second-order valence-electron chi connectivity index (χ2n) is 8.17. The van der Waals surface area contributed by atoms with Crippen molar-refractivity contribution in [3.8, 4) is 0 Å². The van der Waals surface area contributed by atoms with E-state index in [9.17, 15) is 4.79 Å². The fraction of sp³-hybridized carbons (Fsp3) is 0.619. The van der Waals surface area contributed by atoms with E-state index >= 15 is 0 Å². The SMILES string of the molecule is C[C@@H](c1nc2ccccc2s1)N(C)C(=O)C[NH+]1CC[C@@H]2CCCC[C@@H]2C1. The number of rotatable bonds is 4. The van der Waals surface area contributed by atoms with Crippen molar-refractivity contribution < 1.29 is 9.69 Å². The van der Waals surface area contributed by atoms with E-state index in [0.717, 1.165) is 28.9 Å². The van der Waals surface area contributed by atoms with Crippen LogP contribution in [0.5, 0.6) is 0 Å². The van der Waals surface area contributed by atoms with Crippen molar-refractivity contribution in [2.45, 2.75) is 45.1 Å². The Balaban J connectivity index is 1.37. The normalized spacial score (nSPS) is 27.1. The summed E-state index contributed by atoms with van der Waals surface area (Å²) in [4.78, 5) is 21.0. The molecule has 1 amide bonds. The highest BCUT2D eigenvalue weighted by molar-refractivity contribution is 7.18. The van der Waals surface area contributed by atoms with Gasteiger partial charge >= 0.3 is 0 Å². The summed E-state index contributed by atoms with van der Waals surface area (Å²) in [6.07, 6.45) is 6.90. The number of aromatic nitrogens is 1. The molecule has 1 aliphatic heterocycles. The standard InChI is InChI=1S/C21H29N3OS/c1-15(21-22-18-9-5-6-10-19(18)26-21)23(2)20(25)14-24-12-11-16-7-3-4-8-17(16)13-24/h5-6,9-10,15-17H,3-4,7-8,11-14H2,1-2H3/p+1/t15-,16-,17+/m0/s1. The summed E-state index contributed by atoms with van der Waals surface area (Å²) >= 11 is 1.70. The third kappa shape index (κ3) is 3.65. The fourth-order valence-corrected chi connectivity index (χ4v) is 5.81. The lowest BCUT2D eigenvalue weighted by Crippen LogP contribution is -3.15. The van der Waals surface area contributed by atoms with Gasteiger partial charge in [-0.05, 0) is 44.2 Å². The molecule has 1 saturated heterocycles. The number of hydrogen-bond acceptors (Lipinski definition) is 3. The number of piperidine rings is 1. The number of likely N-dealkylation sites (tertiary alicyclic amines) is 1. The van der Waals surface area contributed by atoms with E-state index in [-0.39, 0.29) is 11.9 Å². The molecule has 1 aromatic carbocycles. The number of nitrogens with zero attached hydrogens (tertiary/aromatic N) is 2. The maximum atomic E-state index is 12.9. The Morgan fingerprint density at radius 2 is 2.04 bits per heavy atom. The van der Waals surface area contributed by atoms with Crippen LogP contribution >= 0.6 is 11.3 Å². The Morgan fingerprint density at radius 1 is 1.27 bits per heavy atom. The highest BCUT2D eigenvalue weighted by Crippen LogP contribution is 2.32. The van der Waals surface area contributed by atoms with E-state index in [1.165, 1.54) is 48.2 Å². The van der Waals surface area contributed by atoms with Crippen molar-refractivity contribution in [2.24, 2.45) is 11.8 Å². The molecule has 140 valence electrons. The quantitative estimate of drug-likeness (QED) is 0.896. The molecule has 2 aliphatic rings. The van der Waals surface area contributed by atoms with Crippen LogP contribution in [-0.4, -0.2) is 42.5 Å². The molecule has 4 atom stereocenters. The molecule has 4 rings (SSSR count). The molecule has 1 aromatic heterocycles. The van der Waals surface area contributed by atoms with E-state index in [2.05, 4.69) is 13.0 Å². The zero-order valence-electron chi connectivity index (χ0n) is 15.9. The predicted molar refractivity (Wildman–Crippen MR) is 106 cm³/mol. The first-order valence-corrected chi connectivity index (χ1v) is 10.9. The summed E-state index contributed by atoms with van der Waals surface area (Å²) in [7, 11) is 1.94. The number of thiazole rings is 1. The first-order valence-electron chi connectivity index (χ1n) is 10.1. The minimum atomic E-state index is 0.0338. The number of para-hydroxylation sites is 1. The van der Waals surface area contributed by atoms with Crippen molar-refractivity contribution in [3.05, 3.63) is 29.3 Å². The number of amides is 1. The Bertz CT molecular complexity index is 740. The molecule has 1 unspecified atom stereocenters. The van der Waals surface area contributed by atoms with Crippen LogP contribution in [0.15, 0.2) is 24.3 Å². The summed E-state index contributed by atoms with van der Waals surface area (Å²) in [5.41, 5.74) is 1.03. The number of likely N-dealkylation sites (N-methyl/N-ethyl adjacent to an activating group) is 1. The Labute approximate surface area is 160 Å². The van der Waals surface area contributed by atoms with Crippen LogP contribution < -0.4 is 4.90 Å². The zero-order chi connectivity index (χ0) is 18.1. The largest absolute Gasteiger partial charge is 0.332 e. The lowest BCUT2D eigenvalue weighted by molar-refractivity contribution is -0.903. The molecule has 1 aliphatic carbocycles. The van der Waals surface area contributed by atoms with Gasteiger partial charge in [0.2, 0.25) is 0 Å². The molecule has 0 spiro atoms. The van der Waals surface area contributed by atoms with Crippen LogP contribution in [0.2, 0.25) is 0 Å². The van der Waals surface area contributed by atoms with Gasteiger partial charge in [-0.3, -0.25) is 4.79 Å². The number of carbonyl (C=O) groups is 1. The van der Waals surface area contributed by atoms with Crippen LogP contribution in [0, 0.1) is 11.8 Å². The molecule has 0 radical (unpaired) electrons. The number of nitrogens with one attached hydrogen (secondary N) is 1. The van der Waals surface area contributed by atoms with Crippen molar-refractivity contribution in [2.75, 3.05) is 26.7 Å². The lowest BCUT2D eigenvalue weighted by Gasteiger charge is -2.39. The molecule has 4 nitrogen and oxygen atoms in total. The van der Waals surface area contributed by atoms with Gasteiger partial charge in [-0.2, -0.15) is 0 Å². The molecule has 0 bridgehead atoms. The van der Waals surface area contributed by atoms with Gasteiger partial charge in [-0.1, -0.05) is 25.0 Å². The molecule has 2 heterocycles. The zero-order valence-corrected chi connectivity index (χ0v) is 16.7. The molecule has 2 aromatic rings. The summed E-state index contributed by atoms with van der Waals surface area (Å²) in [6.45, 7) is 5.09. The van der Waals surface area contributed by atoms with Gasteiger partial charge in [0.1, 0.15) is 5.01 Å². The topological polar surface area (TPSA) is 37.6 Å². The average molecular weight is 373 g/mol. The van der Waals surface area contributed by atoms with Gasteiger partial charge in [-0.25, -0.2) is 4.98 Å². The summed E-state index contributed by atoms with van der Waals surface area (Å²) in [5.74, 6) is 2.04. The Kier molecular flexibility index (Phi) is 5.28. The maximum Gasteiger partial charge on any atom is 0.278 e. The molecule has 1 N–H and O–H groups in total. The smallest absolute Gasteiger partial charge is 0.278 e. The molecule has 1 saturated carbocycles. The number of carbonyl (C=O) groups excluding carboxylic acids is 1. The number of quaternary nitrogens is 1. The third-order valence-corrected chi connectivity index (χ3v) is 7.74. The molecule has 2 fully saturated rings. The van der Waals surface area contributed by atoms with Crippen LogP contribution in [0.4, 0.5) is 0 Å². The van der Waals surface area contributed by atoms with Crippen molar-refractivity contribution >= 4 is 27.5 Å². The molecular formula is C21H30N3OS+. The first kappa shape index (κ1) is 17.9. The Hall–Kier alpha value is -1.46. The molecule has 26 heavy (non-hydrogen) atoms. The second kappa shape index (κ2) is 7.65. The lowest BCUT2D eigenvalue weighted by atomic mass is 9.75. The van der Waals surface area contributed by atoms with Crippen molar-refractivity contribution in [1.29, 1.82) is 0 Å². The summed E-state index contributed by atoms with van der Waals surface area (Å²) < 4.78 is 1.19. The maximum absolute atomic E-state index is 12.9. The minimum absolute atomic E-state index is 0.0338. The van der Waals surface area contributed by atoms with E-state index in [1.807, 2.05) is 30.1 Å². The van der Waals surface area contributed by atoms with Crippen molar-refractivity contribution in [1.82, 2.24) is 9.88 Å². The van der Waals surface area contributed by atoms with Crippen molar-refractivity contribution in [3.63, 3.8) is 0 Å². The summed E-state index contributed by atoms with van der Waals surface area (Å²) in [5, 5.41) is 1.03. The minimum Gasteiger partial charge on any atom is -0.332 e. The van der Waals surface area contributed by atoms with E-state index in [0.29, 0.717) is 6.54 Å². The fourth-order valence-electron chi connectivity index (χ4n) is 4.75. The van der Waals surface area contributed by atoms with Crippen LogP contribution in [-0.2, 0) is 4.79 Å². The predicted octanol–water partition coefficient (Wildman–Crippen LogP) is 2.91. The van der Waals surface area contributed by atoms with Gasteiger partial charge in [0, 0.05) is 13.0 Å². The average Bonchev–Trinajstić information content (AvgIpc) is 3.11. The van der Waals surface area contributed by atoms with E-state index in [1.54, 1.807) is 11.3 Å². The highest BCUT2D eigenvalue weighted by atomic mass is 32.1. The third-order valence-electron chi connectivity index (χ3n) is 6.53. The number of fused-ring (bicyclic) bond motifs is 2. The van der Waals surface area contributed by atoms with Crippen LogP contribution in [0.3, 0.4) is 0 Å². The van der Waals surface area contributed by atoms with Gasteiger partial charge in [0.25, 0.3) is 5.91 Å². The van der Waals surface area contributed by atoms with Gasteiger partial charge < -0.3 is 9.80 Å². The summed E-state index contributed by atoms with van der Waals surface area (Å²) in [6, 6.07) is 8.24. The van der Waals surface area contributed by atoms with Crippen LogP contribution in [0.25, 0.3) is 10.2 Å².